The van der Waals surface area contributed by atoms with E-state index in [9.17, 15) is 4.79 Å². The number of hydrogen-bond acceptors (Lipinski definition) is 5. The maximum atomic E-state index is 13.4. The topological polar surface area (TPSA) is 59.8 Å². The molecular formula is C28H34N4O3. The Labute approximate surface area is 207 Å². The van der Waals surface area contributed by atoms with E-state index in [1.807, 2.05) is 47.8 Å². The van der Waals surface area contributed by atoms with Crippen LogP contribution < -0.4 is 9.47 Å². The monoisotopic (exact) mass is 474 g/mol. The highest BCUT2D eigenvalue weighted by Crippen LogP contribution is 2.38. The standard InChI is InChI=1S/C28H34N4O3/c1-20-24(21(2)32(29-20)23-9-5-4-6-10-23)18-30(3)19-28(33)31-14-7-11-25(31)22-12-13-26-27(17-22)35-16-8-15-34-26/h4-6,9-10,12-13,17,25H,7-8,11,14-16,18-19H2,1-3H3/t25-/m0/s1. The summed E-state index contributed by atoms with van der Waals surface area (Å²) in [6.45, 7) is 7.31. The Balaban J connectivity index is 1.27. The molecule has 0 unspecified atom stereocenters. The molecule has 2 aliphatic rings. The summed E-state index contributed by atoms with van der Waals surface area (Å²) in [6.07, 6.45) is 2.86. The Bertz CT molecular complexity index is 1190. The second-order valence-corrected chi connectivity index (χ2v) is 9.57. The number of ether oxygens (including phenoxy) is 2. The van der Waals surface area contributed by atoms with Crippen molar-refractivity contribution in [1.29, 1.82) is 0 Å². The molecule has 184 valence electrons. The fourth-order valence-corrected chi connectivity index (χ4v) is 5.17. The molecule has 7 nitrogen and oxygen atoms in total. The van der Waals surface area contributed by atoms with Crippen LogP contribution in [-0.2, 0) is 11.3 Å². The zero-order valence-electron chi connectivity index (χ0n) is 20.9. The fourth-order valence-electron chi connectivity index (χ4n) is 5.17. The normalized spacial score (nSPS) is 17.6. The molecule has 3 aromatic rings. The van der Waals surface area contributed by atoms with E-state index in [0.29, 0.717) is 26.3 Å². The first-order valence-electron chi connectivity index (χ1n) is 12.5. The van der Waals surface area contributed by atoms with Crippen molar-refractivity contribution in [3.05, 3.63) is 71.0 Å². The van der Waals surface area contributed by atoms with Gasteiger partial charge in [-0.2, -0.15) is 5.10 Å². The lowest BCUT2D eigenvalue weighted by atomic mass is 10.0. The number of benzene rings is 2. The van der Waals surface area contributed by atoms with E-state index in [1.54, 1.807) is 0 Å². The van der Waals surface area contributed by atoms with Crippen molar-refractivity contribution in [3.63, 3.8) is 0 Å². The van der Waals surface area contributed by atoms with Crippen LogP contribution in [0.1, 0.15) is 47.8 Å². The zero-order chi connectivity index (χ0) is 24.4. The van der Waals surface area contributed by atoms with Crippen LogP contribution in [0, 0.1) is 13.8 Å². The van der Waals surface area contributed by atoms with Gasteiger partial charge in [0.1, 0.15) is 0 Å². The molecule has 1 aromatic heterocycles. The zero-order valence-corrected chi connectivity index (χ0v) is 20.9. The number of para-hydroxylation sites is 1. The third kappa shape index (κ3) is 4.91. The van der Waals surface area contributed by atoms with Crippen molar-refractivity contribution >= 4 is 5.91 Å². The van der Waals surface area contributed by atoms with Crippen molar-refractivity contribution in [1.82, 2.24) is 19.6 Å². The van der Waals surface area contributed by atoms with Gasteiger partial charge >= 0.3 is 0 Å². The highest BCUT2D eigenvalue weighted by molar-refractivity contribution is 5.79. The Morgan fingerprint density at radius 2 is 1.83 bits per heavy atom. The quantitative estimate of drug-likeness (QED) is 0.528. The number of aryl methyl sites for hydroxylation is 1. The van der Waals surface area contributed by atoms with Gasteiger partial charge in [0.25, 0.3) is 0 Å². The van der Waals surface area contributed by atoms with Crippen LogP contribution >= 0.6 is 0 Å². The van der Waals surface area contributed by atoms with Crippen molar-refractivity contribution in [2.45, 2.75) is 45.7 Å². The summed E-state index contributed by atoms with van der Waals surface area (Å²) in [4.78, 5) is 17.5. The van der Waals surface area contributed by atoms with Crippen LogP contribution in [0.15, 0.2) is 48.5 Å². The molecule has 1 fully saturated rings. The number of nitrogens with zero attached hydrogens (tertiary/aromatic N) is 4. The van der Waals surface area contributed by atoms with Crippen molar-refractivity contribution in [2.75, 3.05) is 33.4 Å². The van der Waals surface area contributed by atoms with Crippen LogP contribution in [0.5, 0.6) is 11.5 Å². The van der Waals surface area contributed by atoms with E-state index < -0.39 is 0 Å². The number of amides is 1. The van der Waals surface area contributed by atoms with E-state index in [2.05, 4.69) is 36.1 Å². The van der Waals surface area contributed by atoms with Gasteiger partial charge in [0.15, 0.2) is 11.5 Å². The van der Waals surface area contributed by atoms with Crippen molar-refractivity contribution < 1.29 is 14.3 Å². The number of fused-ring (bicyclic) bond motifs is 1. The Morgan fingerprint density at radius 3 is 2.63 bits per heavy atom. The number of likely N-dealkylation sites (tertiary alicyclic amines) is 1. The number of carbonyl (C=O) groups is 1. The molecule has 2 aliphatic heterocycles. The van der Waals surface area contributed by atoms with Gasteiger partial charge < -0.3 is 14.4 Å². The van der Waals surface area contributed by atoms with E-state index in [0.717, 1.165) is 59.9 Å². The number of carbonyl (C=O) groups excluding carboxylic acids is 1. The van der Waals surface area contributed by atoms with Crippen molar-refractivity contribution in [3.8, 4) is 17.2 Å². The van der Waals surface area contributed by atoms with Gasteiger partial charge in [-0.1, -0.05) is 24.3 Å². The fraction of sp³-hybridized carbons (Fsp3) is 0.429. The van der Waals surface area contributed by atoms with E-state index >= 15 is 0 Å². The predicted octanol–water partition coefficient (Wildman–Crippen LogP) is 4.45. The molecule has 1 saturated heterocycles. The minimum absolute atomic E-state index is 0.0809. The Hall–Kier alpha value is -3.32. The van der Waals surface area contributed by atoms with Gasteiger partial charge in [0.2, 0.25) is 5.91 Å². The minimum atomic E-state index is 0.0809. The van der Waals surface area contributed by atoms with Crippen molar-refractivity contribution in [2.24, 2.45) is 0 Å². The van der Waals surface area contributed by atoms with Crippen LogP contribution in [0.25, 0.3) is 5.69 Å². The number of likely N-dealkylation sites (N-methyl/N-ethyl adjacent to an activating group) is 1. The third-order valence-electron chi connectivity index (χ3n) is 7.00. The summed E-state index contributed by atoms with van der Waals surface area (Å²) in [5, 5.41) is 4.76. The molecule has 2 aromatic carbocycles. The molecule has 0 spiro atoms. The van der Waals surface area contributed by atoms with E-state index in [1.165, 1.54) is 5.56 Å². The molecule has 0 saturated carbocycles. The van der Waals surface area contributed by atoms with Crippen LogP contribution in [0.4, 0.5) is 0 Å². The predicted molar refractivity (Wildman–Crippen MR) is 135 cm³/mol. The van der Waals surface area contributed by atoms with E-state index in [-0.39, 0.29) is 11.9 Å². The number of aromatic nitrogens is 2. The van der Waals surface area contributed by atoms with Gasteiger partial charge in [-0.15, -0.1) is 0 Å². The van der Waals surface area contributed by atoms with Gasteiger partial charge in [-0.25, -0.2) is 4.68 Å². The van der Waals surface area contributed by atoms with Crippen LogP contribution in [-0.4, -0.2) is 58.8 Å². The highest BCUT2D eigenvalue weighted by Gasteiger charge is 2.31. The smallest absolute Gasteiger partial charge is 0.237 e. The van der Waals surface area contributed by atoms with Gasteiger partial charge in [-0.05, 0) is 63.6 Å². The average Bonchev–Trinajstić information content (AvgIpc) is 3.37. The van der Waals surface area contributed by atoms with Gasteiger partial charge in [0, 0.05) is 30.8 Å². The molecule has 35 heavy (non-hydrogen) atoms. The van der Waals surface area contributed by atoms with Crippen LogP contribution in [0.3, 0.4) is 0 Å². The number of hydrogen-bond donors (Lipinski definition) is 0. The molecule has 1 amide bonds. The second-order valence-electron chi connectivity index (χ2n) is 9.57. The van der Waals surface area contributed by atoms with Crippen LogP contribution in [0.2, 0.25) is 0 Å². The summed E-state index contributed by atoms with van der Waals surface area (Å²) in [5.74, 6) is 1.74. The SMILES string of the molecule is Cc1nn(-c2ccccc2)c(C)c1CN(C)CC(=O)N1CCC[C@H]1c1ccc2c(c1)OCCCO2. The first-order chi connectivity index (χ1) is 17.0. The molecule has 0 aliphatic carbocycles. The molecular weight excluding hydrogens is 440 g/mol. The highest BCUT2D eigenvalue weighted by atomic mass is 16.5. The lowest BCUT2D eigenvalue weighted by molar-refractivity contribution is -0.133. The molecule has 5 rings (SSSR count). The minimum Gasteiger partial charge on any atom is -0.490 e. The van der Waals surface area contributed by atoms with Gasteiger partial charge in [0.05, 0.1) is 37.2 Å². The maximum Gasteiger partial charge on any atom is 0.237 e. The van der Waals surface area contributed by atoms with E-state index in [4.69, 9.17) is 14.6 Å². The molecule has 1 atom stereocenters. The summed E-state index contributed by atoms with van der Waals surface area (Å²) in [5.41, 5.74) is 5.45. The average molecular weight is 475 g/mol. The largest absolute Gasteiger partial charge is 0.490 e. The molecule has 0 N–H and O–H groups in total. The first-order valence-corrected chi connectivity index (χ1v) is 12.5. The lowest BCUT2D eigenvalue weighted by Gasteiger charge is -2.28. The first kappa shape index (κ1) is 23.4. The lowest BCUT2D eigenvalue weighted by Crippen LogP contribution is -2.38. The molecule has 0 bridgehead atoms. The summed E-state index contributed by atoms with van der Waals surface area (Å²) in [7, 11) is 2.01. The second kappa shape index (κ2) is 10.1. The summed E-state index contributed by atoms with van der Waals surface area (Å²) < 4.78 is 13.7. The third-order valence-corrected chi connectivity index (χ3v) is 7.00. The Morgan fingerprint density at radius 1 is 1.06 bits per heavy atom. The maximum absolute atomic E-state index is 13.4. The van der Waals surface area contributed by atoms with Gasteiger partial charge in [-0.3, -0.25) is 9.69 Å². The Kier molecular flexibility index (Phi) is 6.77. The molecule has 7 heteroatoms. The molecule has 0 radical (unpaired) electrons. The number of rotatable bonds is 6. The summed E-state index contributed by atoms with van der Waals surface area (Å²) >= 11 is 0. The molecule has 3 heterocycles. The summed E-state index contributed by atoms with van der Waals surface area (Å²) in [6, 6.07) is 16.4.